The zero-order valence-electron chi connectivity index (χ0n) is 15.5. The van der Waals surface area contributed by atoms with Crippen LogP contribution in [0.2, 0.25) is 0 Å². The average Bonchev–Trinajstić information content (AvgIpc) is 3.25. The van der Waals surface area contributed by atoms with Crippen LogP contribution in [-0.4, -0.2) is 28.7 Å². The summed E-state index contributed by atoms with van der Waals surface area (Å²) < 4.78 is 12.9. The van der Waals surface area contributed by atoms with Crippen molar-refractivity contribution in [2.75, 3.05) is 7.11 Å². The van der Waals surface area contributed by atoms with Crippen molar-refractivity contribution in [3.63, 3.8) is 0 Å². The predicted octanol–water partition coefficient (Wildman–Crippen LogP) is 3.35. The summed E-state index contributed by atoms with van der Waals surface area (Å²) >= 11 is 0. The average molecular weight is 365 g/mol. The van der Waals surface area contributed by atoms with E-state index in [0.29, 0.717) is 18.7 Å². The third-order valence-corrected chi connectivity index (χ3v) is 4.23. The molecule has 1 aromatic heterocycles. The fourth-order valence-electron chi connectivity index (χ4n) is 2.75. The van der Waals surface area contributed by atoms with Crippen LogP contribution in [0.5, 0.6) is 11.5 Å². The molecule has 0 aliphatic rings. The first-order chi connectivity index (χ1) is 13.2. The van der Waals surface area contributed by atoms with E-state index in [1.54, 1.807) is 43.9 Å². The van der Waals surface area contributed by atoms with E-state index in [2.05, 4.69) is 10.3 Å². The number of carbonyl (C=O) groups excluding carboxylic acids is 1. The van der Waals surface area contributed by atoms with Crippen molar-refractivity contribution >= 4 is 5.91 Å². The number of carbonyl (C=O) groups is 1. The lowest BCUT2D eigenvalue weighted by molar-refractivity contribution is -0.128. The molecule has 6 heteroatoms. The second kappa shape index (κ2) is 8.89. The quantitative estimate of drug-likeness (QED) is 0.665. The number of amides is 1. The Balaban J connectivity index is 1.64. The molecule has 6 nitrogen and oxygen atoms in total. The Hall–Kier alpha value is -3.28. The first kappa shape index (κ1) is 18.5. The third kappa shape index (κ3) is 4.67. The number of rotatable bonds is 8. The predicted molar refractivity (Wildman–Crippen MR) is 103 cm³/mol. The van der Waals surface area contributed by atoms with Gasteiger partial charge in [-0.05, 0) is 42.3 Å². The number of ether oxygens (including phenoxy) is 2. The molecule has 1 amide bonds. The number of nitrogens with zero attached hydrogens (tertiary/aromatic N) is 2. The molecule has 2 aromatic carbocycles. The number of hydrogen-bond donors (Lipinski definition) is 1. The normalized spacial score (nSPS) is 11.6. The second-order valence-corrected chi connectivity index (χ2v) is 6.01. The van der Waals surface area contributed by atoms with E-state index in [1.165, 1.54) is 0 Å². The number of hydrogen-bond acceptors (Lipinski definition) is 4. The minimum atomic E-state index is -0.557. The highest BCUT2D eigenvalue weighted by molar-refractivity contribution is 5.81. The fraction of sp³-hybridized carbons (Fsp3) is 0.238. The SMILES string of the molecule is CC[C@H](Oc1ccc(OC)cc1)C(=O)NCc1ccccc1-n1ccnc1. The standard InChI is InChI=1S/C21H23N3O3/c1-3-20(27-18-10-8-17(26-2)9-11-18)21(25)23-14-16-6-4-5-7-19(16)24-13-12-22-15-24/h4-13,15,20H,3,14H2,1-2H3,(H,23,25)/t20-/m0/s1. The monoisotopic (exact) mass is 365 g/mol. The minimum Gasteiger partial charge on any atom is -0.497 e. The summed E-state index contributed by atoms with van der Waals surface area (Å²) in [5.41, 5.74) is 1.99. The van der Waals surface area contributed by atoms with Gasteiger partial charge >= 0.3 is 0 Å². The van der Waals surface area contributed by atoms with Crippen LogP contribution in [0.15, 0.2) is 67.3 Å². The summed E-state index contributed by atoms with van der Waals surface area (Å²) in [6.45, 7) is 2.34. The number of imidazole rings is 1. The maximum atomic E-state index is 12.6. The minimum absolute atomic E-state index is 0.145. The van der Waals surface area contributed by atoms with Crippen LogP contribution in [0, 0.1) is 0 Å². The van der Waals surface area contributed by atoms with E-state index in [1.807, 2.05) is 42.0 Å². The van der Waals surface area contributed by atoms with Gasteiger partial charge in [0.25, 0.3) is 5.91 Å². The van der Waals surface area contributed by atoms with Crippen LogP contribution < -0.4 is 14.8 Å². The van der Waals surface area contributed by atoms with E-state index in [-0.39, 0.29) is 5.91 Å². The van der Waals surface area contributed by atoms with Crippen molar-refractivity contribution in [3.8, 4) is 17.2 Å². The molecule has 0 unspecified atom stereocenters. The van der Waals surface area contributed by atoms with Crippen LogP contribution in [0.25, 0.3) is 5.69 Å². The Labute approximate surface area is 158 Å². The molecule has 1 heterocycles. The number of nitrogens with one attached hydrogen (secondary N) is 1. The van der Waals surface area contributed by atoms with Crippen molar-refractivity contribution in [1.29, 1.82) is 0 Å². The Kier molecular flexibility index (Phi) is 6.10. The van der Waals surface area contributed by atoms with Crippen LogP contribution in [0.4, 0.5) is 0 Å². The van der Waals surface area contributed by atoms with Crippen molar-refractivity contribution < 1.29 is 14.3 Å². The summed E-state index contributed by atoms with van der Waals surface area (Å²) in [6.07, 6.45) is 5.36. The van der Waals surface area contributed by atoms with Gasteiger partial charge in [-0.2, -0.15) is 0 Å². The topological polar surface area (TPSA) is 65.4 Å². The third-order valence-electron chi connectivity index (χ3n) is 4.23. The lowest BCUT2D eigenvalue weighted by atomic mass is 10.1. The first-order valence-electron chi connectivity index (χ1n) is 8.86. The van der Waals surface area contributed by atoms with Crippen molar-refractivity contribution in [3.05, 3.63) is 72.8 Å². The van der Waals surface area contributed by atoms with Gasteiger partial charge in [0.1, 0.15) is 11.5 Å². The van der Waals surface area contributed by atoms with E-state index in [9.17, 15) is 4.79 Å². The van der Waals surface area contributed by atoms with Gasteiger partial charge in [-0.1, -0.05) is 25.1 Å². The van der Waals surface area contributed by atoms with Crippen molar-refractivity contribution in [2.45, 2.75) is 26.0 Å². The molecular formula is C21H23N3O3. The van der Waals surface area contributed by atoms with Crippen molar-refractivity contribution in [2.24, 2.45) is 0 Å². The Morgan fingerprint density at radius 3 is 2.56 bits per heavy atom. The van der Waals surface area contributed by atoms with E-state index >= 15 is 0 Å². The maximum Gasteiger partial charge on any atom is 0.261 e. The van der Waals surface area contributed by atoms with Gasteiger partial charge in [-0.25, -0.2) is 4.98 Å². The lowest BCUT2D eigenvalue weighted by Gasteiger charge is -2.18. The van der Waals surface area contributed by atoms with Gasteiger partial charge in [-0.15, -0.1) is 0 Å². The number of methoxy groups -OCH3 is 1. The molecule has 3 rings (SSSR count). The summed E-state index contributed by atoms with van der Waals surface area (Å²) in [6, 6.07) is 15.1. The molecule has 3 aromatic rings. The molecule has 0 radical (unpaired) electrons. The largest absolute Gasteiger partial charge is 0.497 e. The number of benzene rings is 2. The van der Waals surface area contributed by atoms with Gasteiger partial charge in [0, 0.05) is 18.9 Å². The maximum absolute atomic E-state index is 12.6. The molecule has 0 aliphatic carbocycles. The molecule has 0 saturated heterocycles. The zero-order valence-corrected chi connectivity index (χ0v) is 15.5. The molecule has 0 spiro atoms. The summed E-state index contributed by atoms with van der Waals surface area (Å²) in [7, 11) is 1.61. The van der Waals surface area contributed by atoms with E-state index in [0.717, 1.165) is 17.0 Å². The van der Waals surface area contributed by atoms with Gasteiger partial charge < -0.3 is 19.4 Å². The molecule has 1 N–H and O–H groups in total. The van der Waals surface area contributed by atoms with Crippen molar-refractivity contribution in [1.82, 2.24) is 14.9 Å². The Bertz CT molecular complexity index is 861. The molecule has 140 valence electrons. The molecule has 1 atom stereocenters. The number of para-hydroxylation sites is 1. The first-order valence-corrected chi connectivity index (χ1v) is 8.86. The Morgan fingerprint density at radius 2 is 1.89 bits per heavy atom. The smallest absolute Gasteiger partial charge is 0.261 e. The highest BCUT2D eigenvalue weighted by Gasteiger charge is 2.18. The summed E-state index contributed by atoms with van der Waals surface area (Å²) in [4.78, 5) is 16.7. The highest BCUT2D eigenvalue weighted by Crippen LogP contribution is 2.19. The molecule has 0 bridgehead atoms. The zero-order chi connectivity index (χ0) is 19.1. The molecule has 0 saturated carbocycles. The fourth-order valence-corrected chi connectivity index (χ4v) is 2.75. The van der Waals surface area contributed by atoms with E-state index < -0.39 is 6.10 Å². The van der Waals surface area contributed by atoms with Gasteiger partial charge in [-0.3, -0.25) is 4.79 Å². The molecule has 0 aliphatic heterocycles. The second-order valence-electron chi connectivity index (χ2n) is 6.01. The molecule has 27 heavy (non-hydrogen) atoms. The van der Waals surface area contributed by atoms with Crippen LogP contribution in [0.3, 0.4) is 0 Å². The van der Waals surface area contributed by atoms with Crippen LogP contribution in [-0.2, 0) is 11.3 Å². The van der Waals surface area contributed by atoms with Gasteiger partial charge in [0.15, 0.2) is 6.10 Å². The number of aromatic nitrogens is 2. The lowest BCUT2D eigenvalue weighted by Crippen LogP contribution is -2.37. The van der Waals surface area contributed by atoms with Gasteiger partial charge in [0.05, 0.1) is 19.1 Å². The molecule has 0 fully saturated rings. The van der Waals surface area contributed by atoms with Crippen LogP contribution in [0.1, 0.15) is 18.9 Å². The summed E-state index contributed by atoms with van der Waals surface area (Å²) in [5, 5.41) is 2.97. The van der Waals surface area contributed by atoms with Gasteiger partial charge in [0.2, 0.25) is 0 Å². The Morgan fingerprint density at radius 1 is 1.15 bits per heavy atom. The summed E-state index contributed by atoms with van der Waals surface area (Å²) in [5.74, 6) is 1.24. The highest BCUT2D eigenvalue weighted by atomic mass is 16.5. The van der Waals surface area contributed by atoms with Crippen LogP contribution >= 0.6 is 0 Å². The van der Waals surface area contributed by atoms with E-state index in [4.69, 9.17) is 9.47 Å². The molecular weight excluding hydrogens is 342 g/mol.